The first-order valence-corrected chi connectivity index (χ1v) is 15.0. The van der Waals surface area contributed by atoms with Gasteiger partial charge in [-0.1, -0.05) is 76.3 Å². The van der Waals surface area contributed by atoms with Gasteiger partial charge in [-0.3, -0.25) is 0 Å². The highest BCUT2D eigenvalue weighted by molar-refractivity contribution is 14.1. The van der Waals surface area contributed by atoms with Gasteiger partial charge in [0, 0.05) is 11.6 Å². The Morgan fingerprint density at radius 3 is 2.04 bits per heavy atom. The summed E-state index contributed by atoms with van der Waals surface area (Å²) in [5, 5.41) is 0. The molecular formula is C22H37ISi. The summed E-state index contributed by atoms with van der Waals surface area (Å²) in [6.45, 7) is 7.50. The summed E-state index contributed by atoms with van der Waals surface area (Å²) in [6.07, 6.45) is 14.6. The van der Waals surface area contributed by atoms with Crippen LogP contribution in [0.1, 0.15) is 75.7 Å². The lowest BCUT2D eigenvalue weighted by molar-refractivity contribution is 0.302. The zero-order valence-corrected chi connectivity index (χ0v) is 19.3. The van der Waals surface area contributed by atoms with E-state index >= 15 is 0 Å². The Balaban J connectivity index is 1.53. The number of rotatable bonds is 9. The molecule has 136 valence electrons. The van der Waals surface area contributed by atoms with Crippen LogP contribution in [0.2, 0.25) is 25.7 Å². The molecule has 1 aliphatic carbocycles. The summed E-state index contributed by atoms with van der Waals surface area (Å²) in [5.41, 5.74) is 1.58. The number of halogens is 1. The van der Waals surface area contributed by atoms with Gasteiger partial charge in [-0.25, -0.2) is 0 Å². The first kappa shape index (κ1) is 20.5. The highest BCUT2D eigenvalue weighted by Crippen LogP contribution is 2.37. The average molecular weight is 457 g/mol. The van der Waals surface area contributed by atoms with E-state index in [0.717, 1.165) is 11.8 Å². The van der Waals surface area contributed by atoms with E-state index in [4.69, 9.17) is 0 Å². The predicted octanol–water partition coefficient (Wildman–Crippen LogP) is 8.24. The van der Waals surface area contributed by atoms with Gasteiger partial charge in [0.15, 0.2) is 0 Å². The van der Waals surface area contributed by atoms with Gasteiger partial charge in [0.1, 0.15) is 0 Å². The van der Waals surface area contributed by atoms with Crippen molar-refractivity contribution in [2.75, 3.05) is 0 Å². The third-order valence-corrected chi connectivity index (χ3v) is 8.30. The Labute approximate surface area is 165 Å². The molecule has 1 aromatic carbocycles. The van der Waals surface area contributed by atoms with E-state index in [1.807, 2.05) is 0 Å². The minimum absolute atomic E-state index is 0.791. The number of unbranched alkanes of at least 4 members (excludes halogenated alkanes) is 4. The largest absolute Gasteiger partial charge is 0.0695 e. The fraction of sp³-hybridized carbons (Fsp3) is 0.727. The van der Waals surface area contributed by atoms with E-state index in [2.05, 4.69) is 66.5 Å². The topological polar surface area (TPSA) is 0 Å². The molecule has 1 aromatic rings. The minimum Gasteiger partial charge on any atom is -0.0695 e. The second-order valence-electron chi connectivity index (χ2n) is 9.14. The van der Waals surface area contributed by atoms with Gasteiger partial charge < -0.3 is 0 Å². The molecular weight excluding hydrogens is 419 g/mol. The summed E-state index contributed by atoms with van der Waals surface area (Å²) in [5.74, 6) is 1.85. The van der Waals surface area contributed by atoms with Crippen LogP contribution < -0.4 is 0 Å². The molecule has 0 aromatic heterocycles. The van der Waals surface area contributed by atoms with Crippen molar-refractivity contribution in [3.05, 3.63) is 33.4 Å². The number of hydrogen-bond acceptors (Lipinski definition) is 0. The van der Waals surface area contributed by atoms with Crippen LogP contribution in [0.25, 0.3) is 0 Å². The summed E-state index contributed by atoms with van der Waals surface area (Å²) < 4.78 is 1.36. The van der Waals surface area contributed by atoms with Gasteiger partial charge >= 0.3 is 0 Å². The maximum atomic E-state index is 2.50. The molecule has 24 heavy (non-hydrogen) atoms. The highest BCUT2D eigenvalue weighted by atomic mass is 127. The van der Waals surface area contributed by atoms with Crippen LogP contribution in [-0.4, -0.2) is 8.07 Å². The molecule has 0 spiro atoms. The van der Waals surface area contributed by atoms with Crippen LogP contribution in [0.4, 0.5) is 0 Å². The lowest BCUT2D eigenvalue weighted by Gasteiger charge is -2.29. The molecule has 0 unspecified atom stereocenters. The number of hydrogen-bond donors (Lipinski definition) is 0. The van der Waals surface area contributed by atoms with Gasteiger partial charge in [-0.05, 0) is 77.8 Å². The Morgan fingerprint density at radius 1 is 0.833 bits per heavy atom. The number of benzene rings is 1. The van der Waals surface area contributed by atoms with Crippen LogP contribution in [-0.2, 0) is 0 Å². The van der Waals surface area contributed by atoms with Gasteiger partial charge in [0.2, 0.25) is 0 Å². The highest BCUT2D eigenvalue weighted by Gasteiger charge is 2.21. The van der Waals surface area contributed by atoms with Gasteiger partial charge in [-0.2, -0.15) is 0 Å². The van der Waals surface area contributed by atoms with Crippen molar-refractivity contribution in [2.24, 2.45) is 5.92 Å². The molecule has 0 saturated heterocycles. The molecule has 1 aliphatic rings. The summed E-state index contributed by atoms with van der Waals surface area (Å²) >= 11 is 2.40. The first-order valence-electron chi connectivity index (χ1n) is 10.2. The molecule has 0 radical (unpaired) electrons. The van der Waals surface area contributed by atoms with E-state index < -0.39 is 8.07 Å². The Hall–Kier alpha value is 0.167. The predicted molar refractivity (Wildman–Crippen MR) is 120 cm³/mol. The molecule has 0 aliphatic heterocycles. The lowest BCUT2D eigenvalue weighted by atomic mass is 9.77. The second kappa shape index (κ2) is 10.3. The quantitative estimate of drug-likeness (QED) is 0.199. The van der Waals surface area contributed by atoms with Crippen LogP contribution in [0.5, 0.6) is 0 Å². The molecule has 0 heterocycles. The van der Waals surface area contributed by atoms with Crippen LogP contribution in [0.3, 0.4) is 0 Å². The Morgan fingerprint density at radius 2 is 1.42 bits per heavy atom. The fourth-order valence-electron chi connectivity index (χ4n) is 4.14. The van der Waals surface area contributed by atoms with Gasteiger partial charge in [-0.15, -0.1) is 0 Å². The van der Waals surface area contributed by atoms with Crippen molar-refractivity contribution >= 4 is 30.7 Å². The molecule has 0 N–H and O–H groups in total. The fourth-order valence-corrected chi connectivity index (χ4v) is 5.81. The third-order valence-electron chi connectivity index (χ3n) is 5.73. The monoisotopic (exact) mass is 456 g/mol. The standard InChI is InChI=1S/C22H37ISi/c1-24(2,3)18-8-6-4-5-7-9-19-10-12-20(13-11-19)21-14-16-22(23)17-15-21/h14-17,19-20H,4-13,18H2,1-3H3. The molecule has 0 atom stereocenters. The third kappa shape index (κ3) is 8.03. The molecule has 2 rings (SSSR count). The van der Waals surface area contributed by atoms with E-state index in [1.54, 1.807) is 5.56 Å². The molecule has 1 saturated carbocycles. The Kier molecular flexibility index (Phi) is 8.83. The van der Waals surface area contributed by atoms with Crippen molar-refractivity contribution in [2.45, 2.75) is 95.8 Å². The normalized spacial score (nSPS) is 21.8. The van der Waals surface area contributed by atoms with E-state index in [-0.39, 0.29) is 0 Å². The molecule has 0 amide bonds. The lowest BCUT2D eigenvalue weighted by Crippen LogP contribution is -2.18. The summed E-state index contributed by atoms with van der Waals surface area (Å²) in [4.78, 5) is 0. The molecule has 2 heteroatoms. The zero-order chi connectivity index (χ0) is 17.4. The minimum atomic E-state index is -0.791. The van der Waals surface area contributed by atoms with Gasteiger partial charge in [0.05, 0.1) is 0 Å². The van der Waals surface area contributed by atoms with E-state index in [9.17, 15) is 0 Å². The van der Waals surface area contributed by atoms with Crippen molar-refractivity contribution in [1.29, 1.82) is 0 Å². The molecule has 0 nitrogen and oxygen atoms in total. The Bertz CT molecular complexity index is 452. The van der Waals surface area contributed by atoms with Gasteiger partial charge in [0.25, 0.3) is 0 Å². The smallest absolute Gasteiger partial charge is 0.0442 e. The summed E-state index contributed by atoms with van der Waals surface area (Å²) in [6, 6.07) is 10.8. The zero-order valence-electron chi connectivity index (χ0n) is 16.1. The first-order chi connectivity index (χ1) is 11.4. The maximum Gasteiger partial charge on any atom is 0.0442 e. The van der Waals surface area contributed by atoms with Crippen molar-refractivity contribution in [1.82, 2.24) is 0 Å². The van der Waals surface area contributed by atoms with Crippen molar-refractivity contribution in [3.63, 3.8) is 0 Å². The van der Waals surface area contributed by atoms with Crippen LogP contribution in [0.15, 0.2) is 24.3 Å². The second-order valence-corrected chi connectivity index (χ2v) is 16.0. The molecule has 0 bridgehead atoms. The average Bonchev–Trinajstić information content (AvgIpc) is 2.54. The SMILES string of the molecule is C[Si](C)(C)CCCCCCCC1CCC(c2ccc(I)cc2)CC1. The van der Waals surface area contributed by atoms with E-state index in [1.165, 1.54) is 73.8 Å². The van der Waals surface area contributed by atoms with Crippen molar-refractivity contribution in [3.8, 4) is 0 Å². The van der Waals surface area contributed by atoms with Crippen molar-refractivity contribution < 1.29 is 0 Å². The summed E-state index contributed by atoms with van der Waals surface area (Å²) in [7, 11) is -0.791. The van der Waals surface area contributed by atoms with Crippen LogP contribution in [0, 0.1) is 9.49 Å². The van der Waals surface area contributed by atoms with E-state index in [0.29, 0.717) is 0 Å². The molecule has 1 fully saturated rings. The van der Waals surface area contributed by atoms with Crippen LogP contribution >= 0.6 is 22.6 Å². The maximum absolute atomic E-state index is 2.50.